The first kappa shape index (κ1) is 21.5. The van der Waals surface area contributed by atoms with Crippen LogP contribution >= 0.6 is 0 Å². The van der Waals surface area contributed by atoms with Crippen molar-refractivity contribution in [2.24, 2.45) is 5.73 Å². The van der Waals surface area contributed by atoms with Crippen molar-refractivity contribution in [2.45, 2.75) is 12.9 Å². The molecule has 1 aromatic heterocycles. The summed E-state index contributed by atoms with van der Waals surface area (Å²) in [5.41, 5.74) is 7.32. The second-order valence-electron chi connectivity index (χ2n) is 6.22. The van der Waals surface area contributed by atoms with Gasteiger partial charge in [-0.3, -0.25) is 9.89 Å². The second-order valence-corrected chi connectivity index (χ2v) is 6.22. The molecule has 162 valence electrons. The quantitative estimate of drug-likeness (QED) is 0.387. The van der Waals surface area contributed by atoms with E-state index < -0.39 is 24.1 Å². The van der Waals surface area contributed by atoms with Crippen LogP contribution in [-0.2, 0) is 6.54 Å². The van der Waals surface area contributed by atoms with E-state index in [9.17, 15) is 22.8 Å². The van der Waals surface area contributed by atoms with Gasteiger partial charge in [0.15, 0.2) is 5.69 Å². The Kier molecular flexibility index (Phi) is 6.29. The number of H-pyrrole nitrogens is 1. The number of hydrogen-bond acceptors (Lipinski definition) is 5. The van der Waals surface area contributed by atoms with Crippen molar-refractivity contribution in [1.29, 1.82) is 0 Å². The molecule has 3 amide bonds. The molecule has 0 aliphatic carbocycles. The number of anilines is 3. The van der Waals surface area contributed by atoms with Crippen molar-refractivity contribution >= 4 is 29.0 Å². The highest BCUT2D eigenvalue weighted by Crippen LogP contribution is 2.24. The lowest BCUT2D eigenvalue weighted by Crippen LogP contribution is -2.20. The molecule has 0 fully saturated rings. The average molecular weight is 434 g/mol. The van der Waals surface area contributed by atoms with Gasteiger partial charge in [-0.1, -0.05) is 12.1 Å². The average Bonchev–Trinajstić information content (AvgIpc) is 3.16. The molecule has 9 nitrogen and oxygen atoms in total. The van der Waals surface area contributed by atoms with Crippen LogP contribution < -0.4 is 26.4 Å². The number of halogens is 3. The van der Waals surface area contributed by atoms with Gasteiger partial charge < -0.3 is 26.4 Å². The molecule has 0 bridgehead atoms. The second kappa shape index (κ2) is 9.07. The van der Waals surface area contributed by atoms with E-state index in [-0.39, 0.29) is 11.4 Å². The molecule has 6 N–H and O–H groups in total. The number of aromatic nitrogens is 2. The van der Waals surface area contributed by atoms with E-state index in [0.717, 1.165) is 17.7 Å². The van der Waals surface area contributed by atoms with Crippen LogP contribution in [0.25, 0.3) is 0 Å². The summed E-state index contributed by atoms with van der Waals surface area (Å²) in [7, 11) is 0. The Labute approximate surface area is 173 Å². The van der Waals surface area contributed by atoms with Gasteiger partial charge in [0.2, 0.25) is 0 Å². The van der Waals surface area contributed by atoms with E-state index in [2.05, 4.69) is 30.9 Å². The summed E-state index contributed by atoms with van der Waals surface area (Å²) in [6.07, 6.45) is -3.29. The number of ether oxygens (including phenoxy) is 1. The van der Waals surface area contributed by atoms with Crippen LogP contribution in [0.1, 0.15) is 16.1 Å². The minimum absolute atomic E-state index is 0.0836. The summed E-state index contributed by atoms with van der Waals surface area (Å²) in [6.45, 7) is 0.331. The van der Waals surface area contributed by atoms with E-state index >= 15 is 0 Å². The Bertz CT molecular complexity index is 1070. The molecule has 0 atom stereocenters. The van der Waals surface area contributed by atoms with Gasteiger partial charge in [0.05, 0.1) is 5.69 Å². The van der Waals surface area contributed by atoms with Crippen molar-refractivity contribution in [3.05, 3.63) is 66.0 Å². The van der Waals surface area contributed by atoms with Crippen molar-refractivity contribution in [1.82, 2.24) is 10.2 Å². The van der Waals surface area contributed by atoms with E-state index in [4.69, 9.17) is 5.73 Å². The molecule has 0 saturated carbocycles. The van der Waals surface area contributed by atoms with Crippen LogP contribution in [0, 0.1) is 0 Å². The van der Waals surface area contributed by atoms with Gasteiger partial charge in [0.1, 0.15) is 5.75 Å². The van der Waals surface area contributed by atoms with Gasteiger partial charge in [-0.2, -0.15) is 5.10 Å². The number of primary amides is 1. The molecule has 0 aliphatic heterocycles. The number of carbonyl (C=O) groups is 2. The van der Waals surface area contributed by atoms with E-state index in [0.29, 0.717) is 17.9 Å². The maximum absolute atomic E-state index is 12.2. The lowest BCUT2D eigenvalue weighted by molar-refractivity contribution is -0.274. The Morgan fingerprint density at radius 1 is 1.06 bits per heavy atom. The molecular weight excluding hydrogens is 417 g/mol. The van der Waals surface area contributed by atoms with E-state index in [1.807, 2.05) is 0 Å². The minimum Gasteiger partial charge on any atom is -0.406 e. The summed E-state index contributed by atoms with van der Waals surface area (Å²) in [5.74, 6) is -1.07. The molecule has 31 heavy (non-hydrogen) atoms. The van der Waals surface area contributed by atoms with Crippen molar-refractivity contribution in [3.8, 4) is 5.75 Å². The molecule has 0 unspecified atom stereocenters. The van der Waals surface area contributed by atoms with Gasteiger partial charge in [0, 0.05) is 24.1 Å². The van der Waals surface area contributed by atoms with Crippen molar-refractivity contribution in [3.63, 3.8) is 0 Å². The number of carbonyl (C=O) groups excluding carboxylic acids is 2. The highest BCUT2D eigenvalue weighted by molar-refractivity contribution is 5.99. The fourth-order valence-electron chi connectivity index (χ4n) is 2.60. The topological polar surface area (TPSA) is 134 Å². The molecular formula is C19H17F3N6O3. The molecule has 0 aliphatic rings. The lowest BCUT2D eigenvalue weighted by Gasteiger charge is -2.11. The number of benzene rings is 2. The Hall–Kier alpha value is -4.22. The van der Waals surface area contributed by atoms with Crippen LogP contribution in [0.3, 0.4) is 0 Å². The highest BCUT2D eigenvalue weighted by Gasteiger charge is 2.30. The van der Waals surface area contributed by atoms with Crippen LogP contribution in [0.15, 0.2) is 54.7 Å². The Morgan fingerprint density at radius 3 is 2.45 bits per heavy atom. The van der Waals surface area contributed by atoms with Crippen LogP contribution in [0.4, 0.5) is 35.0 Å². The summed E-state index contributed by atoms with van der Waals surface area (Å²) in [5, 5.41) is 14.5. The number of nitrogens with zero attached hydrogens (tertiary/aromatic N) is 1. The number of nitrogens with two attached hydrogens (primary N) is 1. The van der Waals surface area contributed by atoms with E-state index in [1.54, 1.807) is 24.3 Å². The first-order valence-electron chi connectivity index (χ1n) is 8.80. The standard InChI is InChI=1S/C19H17F3N6O3/c20-19(21,22)31-14-6-4-12(5-7-14)26-18(30)27-13-3-1-2-11(8-13)9-24-15-10-25-28-16(15)17(23)29/h1-8,10,24H,9H2,(H2,23,29)(H,25,28)(H2,26,27,30). The number of rotatable bonds is 7. The normalized spacial score (nSPS) is 10.9. The zero-order valence-corrected chi connectivity index (χ0v) is 15.8. The number of amides is 3. The van der Waals surface area contributed by atoms with Gasteiger partial charge in [-0.25, -0.2) is 4.79 Å². The third-order valence-corrected chi connectivity index (χ3v) is 3.89. The first-order chi connectivity index (χ1) is 14.7. The monoisotopic (exact) mass is 434 g/mol. The largest absolute Gasteiger partial charge is 0.573 e. The molecule has 2 aromatic carbocycles. The fraction of sp³-hybridized carbons (Fsp3) is 0.105. The van der Waals surface area contributed by atoms with Crippen LogP contribution in [0.2, 0.25) is 0 Å². The maximum atomic E-state index is 12.2. The zero-order valence-electron chi connectivity index (χ0n) is 15.8. The SMILES string of the molecule is NC(=O)c1n[nH]cc1NCc1cccc(NC(=O)Nc2ccc(OC(F)(F)F)cc2)c1. The Balaban J connectivity index is 1.56. The van der Waals surface area contributed by atoms with Crippen molar-refractivity contribution < 1.29 is 27.5 Å². The zero-order chi connectivity index (χ0) is 22.4. The predicted molar refractivity (Wildman–Crippen MR) is 107 cm³/mol. The predicted octanol–water partition coefficient (Wildman–Crippen LogP) is 3.66. The lowest BCUT2D eigenvalue weighted by atomic mass is 10.2. The summed E-state index contributed by atoms with van der Waals surface area (Å²) in [4.78, 5) is 23.4. The van der Waals surface area contributed by atoms with Crippen LogP contribution in [-0.4, -0.2) is 28.5 Å². The molecule has 12 heteroatoms. The molecule has 0 spiro atoms. The fourth-order valence-corrected chi connectivity index (χ4v) is 2.60. The van der Waals surface area contributed by atoms with Crippen molar-refractivity contribution in [2.75, 3.05) is 16.0 Å². The molecule has 3 aromatic rings. The third kappa shape index (κ3) is 6.39. The molecule has 1 heterocycles. The maximum Gasteiger partial charge on any atom is 0.573 e. The number of aromatic amines is 1. The number of urea groups is 1. The smallest absolute Gasteiger partial charge is 0.406 e. The highest BCUT2D eigenvalue weighted by atomic mass is 19.4. The number of alkyl halides is 3. The van der Waals surface area contributed by atoms with Gasteiger partial charge in [-0.15, -0.1) is 13.2 Å². The van der Waals surface area contributed by atoms with E-state index in [1.165, 1.54) is 18.3 Å². The summed E-state index contributed by atoms with van der Waals surface area (Å²) >= 11 is 0. The first-order valence-corrected chi connectivity index (χ1v) is 8.80. The molecule has 0 saturated heterocycles. The Morgan fingerprint density at radius 2 is 1.77 bits per heavy atom. The van der Waals surface area contributed by atoms with Gasteiger partial charge in [-0.05, 0) is 42.0 Å². The molecule has 3 rings (SSSR count). The number of nitrogens with one attached hydrogen (secondary N) is 4. The van der Waals surface area contributed by atoms with Gasteiger partial charge >= 0.3 is 12.4 Å². The third-order valence-electron chi connectivity index (χ3n) is 3.89. The summed E-state index contributed by atoms with van der Waals surface area (Å²) in [6, 6.07) is 11.1. The molecule has 0 radical (unpaired) electrons. The van der Waals surface area contributed by atoms with Gasteiger partial charge in [0.25, 0.3) is 5.91 Å². The summed E-state index contributed by atoms with van der Waals surface area (Å²) < 4.78 is 40.3. The van der Waals surface area contributed by atoms with Crippen LogP contribution in [0.5, 0.6) is 5.75 Å². The minimum atomic E-state index is -4.79. The number of hydrogen-bond donors (Lipinski definition) is 5.